The van der Waals surface area contributed by atoms with Crippen LogP contribution in [0, 0.1) is 5.41 Å². The first-order valence-electron chi connectivity index (χ1n) is 9.61. The van der Waals surface area contributed by atoms with Gasteiger partial charge in [0.25, 0.3) is 0 Å². The number of likely N-dealkylation sites (tertiary alicyclic amines) is 1. The molecule has 0 aromatic heterocycles. The number of benzene rings is 2. The third kappa shape index (κ3) is 4.14. The molecule has 1 unspecified atom stereocenters. The first-order chi connectivity index (χ1) is 13.4. The lowest BCUT2D eigenvalue weighted by Gasteiger charge is -2.37. The van der Waals surface area contributed by atoms with Gasteiger partial charge in [-0.2, -0.15) is 13.2 Å². The molecule has 0 radical (unpaired) electrons. The Hall–Kier alpha value is -2.05. The summed E-state index contributed by atoms with van der Waals surface area (Å²) in [6, 6.07) is 15.2. The quantitative estimate of drug-likeness (QED) is 0.779. The lowest BCUT2D eigenvalue weighted by molar-refractivity contribution is -0.138. The van der Waals surface area contributed by atoms with Gasteiger partial charge in [0.05, 0.1) is 11.0 Å². The molecule has 2 aliphatic rings. The molecule has 2 heterocycles. The highest BCUT2D eigenvalue weighted by molar-refractivity contribution is 5.87. The van der Waals surface area contributed by atoms with Crippen LogP contribution in [0.4, 0.5) is 13.2 Å². The van der Waals surface area contributed by atoms with E-state index in [9.17, 15) is 18.0 Å². The zero-order chi connectivity index (χ0) is 19.8. The summed E-state index contributed by atoms with van der Waals surface area (Å²) < 4.78 is 38.8. The highest BCUT2D eigenvalue weighted by Gasteiger charge is 2.54. The van der Waals surface area contributed by atoms with Crippen LogP contribution in [0.15, 0.2) is 54.6 Å². The van der Waals surface area contributed by atoms with Crippen LogP contribution in [0.3, 0.4) is 0 Å². The number of alkyl halides is 3. The predicted octanol–water partition coefficient (Wildman–Crippen LogP) is 4.62. The molecule has 156 valence electrons. The minimum absolute atomic E-state index is 0. The average molecular weight is 425 g/mol. The van der Waals surface area contributed by atoms with Gasteiger partial charge in [0.2, 0.25) is 5.91 Å². The summed E-state index contributed by atoms with van der Waals surface area (Å²) in [6.07, 6.45) is -2.93. The van der Waals surface area contributed by atoms with Crippen LogP contribution in [-0.4, -0.2) is 30.4 Å². The second kappa shape index (κ2) is 8.36. The number of hydrogen-bond acceptors (Lipinski definition) is 2. The zero-order valence-corrected chi connectivity index (χ0v) is 16.7. The van der Waals surface area contributed by atoms with Gasteiger partial charge in [-0.05, 0) is 49.2 Å². The molecular weight excluding hydrogens is 401 g/mol. The normalized spacial score (nSPS) is 21.3. The Kier molecular flexibility index (Phi) is 6.24. The molecule has 2 fully saturated rings. The van der Waals surface area contributed by atoms with Crippen molar-refractivity contribution in [2.24, 2.45) is 5.41 Å². The number of rotatable bonds is 3. The van der Waals surface area contributed by atoms with Crippen LogP contribution in [0.1, 0.15) is 35.4 Å². The Labute approximate surface area is 174 Å². The maximum absolute atomic E-state index is 13.4. The van der Waals surface area contributed by atoms with Gasteiger partial charge in [-0.15, -0.1) is 12.4 Å². The van der Waals surface area contributed by atoms with E-state index in [4.69, 9.17) is 0 Å². The number of nitrogens with zero attached hydrogens (tertiary/aromatic N) is 1. The van der Waals surface area contributed by atoms with E-state index in [0.29, 0.717) is 25.9 Å². The second-order valence-electron chi connectivity index (χ2n) is 7.75. The molecule has 7 heteroatoms. The minimum atomic E-state index is -4.35. The van der Waals surface area contributed by atoms with Crippen molar-refractivity contribution < 1.29 is 18.0 Å². The maximum atomic E-state index is 13.4. The molecule has 0 aliphatic carbocycles. The van der Waals surface area contributed by atoms with Gasteiger partial charge >= 0.3 is 6.18 Å². The molecule has 0 bridgehead atoms. The monoisotopic (exact) mass is 424 g/mol. The summed E-state index contributed by atoms with van der Waals surface area (Å²) in [5.74, 6) is 0.0378. The Balaban J connectivity index is 0.00000240. The molecule has 2 aromatic carbocycles. The van der Waals surface area contributed by atoms with E-state index in [1.54, 1.807) is 12.1 Å². The van der Waals surface area contributed by atoms with E-state index < -0.39 is 17.2 Å². The summed E-state index contributed by atoms with van der Waals surface area (Å²) in [7, 11) is 0. The highest BCUT2D eigenvalue weighted by atomic mass is 35.5. The summed E-state index contributed by atoms with van der Waals surface area (Å²) >= 11 is 0. The number of nitrogens with one attached hydrogen (secondary N) is 1. The number of carbonyl (C=O) groups is 1. The fourth-order valence-corrected chi connectivity index (χ4v) is 4.65. The number of carbonyl (C=O) groups excluding carboxylic acids is 1. The Morgan fingerprint density at radius 3 is 2.21 bits per heavy atom. The molecule has 0 saturated carbocycles. The first kappa shape index (κ1) is 21.7. The molecule has 3 nitrogen and oxygen atoms in total. The van der Waals surface area contributed by atoms with E-state index in [1.165, 1.54) is 0 Å². The lowest BCUT2D eigenvalue weighted by Crippen LogP contribution is -2.44. The standard InChI is InChI=1S/C22H23F3N2O.ClH/c23-22(24,25)18-8-6-17(7-9-18)19-15-27(14-16-4-2-1-3-5-16)20(28)21(19)10-12-26-13-11-21;/h1-9,19,26H,10-15H2;1H. The summed E-state index contributed by atoms with van der Waals surface area (Å²) in [6.45, 7) is 2.58. The van der Waals surface area contributed by atoms with Crippen LogP contribution >= 0.6 is 12.4 Å². The van der Waals surface area contributed by atoms with E-state index in [1.807, 2.05) is 35.2 Å². The van der Waals surface area contributed by atoms with Crippen molar-refractivity contribution in [2.45, 2.75) is 31.5 Å². The van der Waals surface area contributed by atoms with Gasteiger partial charge in [0, 0.05) is 19.0 Å². The SMILES string of the molecule is Cl.O=C1N(Cc2ccccc2)CC(c2ccc(C(F)(F)F)cc2)C12CCNCC2. The van der Waals surface area contributed by atoms with Crippen molar-refractivity contribution in [3.05, 3.63) is 71.3 Å². The van der Waals surface area contributed by atoms with Crippen LogP contribution in [0.5, 0.6) is 0 Å². The van der Waals surface area contributed by atoms with Crippen molar-refractivity contribution in [1.82, 2.24) is 10.2 Å². The van der Waals surface area contributed by atoms with Gasteiger partial charge in [-0.1, -0.05) is 42.5 Å². The number of halogens is 4. The van der Waals surface area contributed by atoms with Crippen LogP contribution in [0.25, 0.3) is 0 Å². The topological polar surface area (TPSA) is 32.3 Å². The van der Waals surface area contributed by atoms with Gasteiger partial charge in [-0.25, -0.2) is 0 Å². The van der Waals surface area contributed by atoms with Gasteiger partial charge in [0.1, 0.15) is 0 Å². The molecule has 2 aliphatic heterocycles. The number of amides is 1. The van der Waals surface area contributed by atoms with E-state index >= 15 is 0 Å². The van der Waals surface area contributed by atoms with Gasteiger partial charge < -0.3 is 10.2 Å². The lowest BCUT2D eigenvalue weighted by atomic mass is 9.68. The predicted molar refractivity (Wildman–Crippen MR) is 108 cm³/mol. The van der Waals surface area contributed by atoms with Crippen molar-refractivity contribution in [1.29, 1.82) is 0 Å². The molecule has 29 heavy (non-hydrogen) atoms. The first-order valence-corrected chi connectivity index (χ1v) is 9.61. The zero-order valence-electron chi connectivity index (χ0n) is 15.9. The van der Waals surface area contributed by atoms with Crippen LogP contribution < -0.4 is 5.32 Å². The summed E-state index contributed by atoms with van der Waals surface area (Å²) in [5.41, 5.74) is 0.702. The molecular formula is C22H24ClF3N2O. The van der Waals surface area contributed by atoms with Crippen LogP contribution in [0.2, 0.25) is 0 Å². The van der Waals surface area contributed by atoms with Crippen molar-refractivity contribution in [3.8, 4) is 0 Å². The van der Waals surface area contributed by atoms with Crippen molar-refractivity contribution in [3.63, 3.8) is 0 Å². The molecule has 1 spiro atoms. The number of hydrogen-bond donors (Lipinski definition) is 1. The van der Waals surface area contributed by atoms with Gasteiger partial charge in [0.15, 0.2) is 0 Å². The second-order valence-corrected chi connectivity index (χ2v) is 7.75. The third-order valence-electron chi connectivity index (χ3n) is 6.14. The fourth-order valence-electron chi connectivity index (χ4n) is 4.65. The average Bonchev–Trinajstić information content (AvgIpc) is 2.95. The molecule has 2 aromatic rings. The van der Waals surface area contributed by atoms with Crippen LogP contribution in [-0.2, 0) is 17.5 Å². The Morgan fingerprint density at radius 1 is 1.00 bits per heavy atom. The molecule has 1 N–H and O–H groups in total. The van der Waals surface area contributed by atoms with Crippen molar-refractivity contribution in [2.75, 3.05) is 19.6 Å². The molecule has 2 saturated heterocycles. The van der Waals surface area contributed by atoms with E-state index in [-0.39, 0.29) is 24.2 Å². The Bertz CT molecular complexity index is 833. The molecule has 1 atom stereocenters. The minimum Gasteiger partial charge on any atom is -0.337 e. The smallest absolute Gasteiger partial charge is 0.337 e. The van der Waals surface area contributed by atoms with Gasteiger partial charge in [-0.3, -0.25) is 4.79 Å². The third-order valence-corrected chi connectivity index (χ3v) is 6.14. The summed E-state index contributed by atoms with van der Waals surface area (Å²) in [4.78, 5) is 15.3. The molecule has 4 rings (SSSR count). The molecule has 1 amide bonds. The largest absolute Gasteiger partial charge is 0.416 e. The Morgan fingerprint density at radius 2 is 1.62 bits per heavy atom. The van der Waals surface area contributed by atoms with E-state index in [2.05, 4.69) is 5.32 Å². The number of piperidine rings is 1. The van der Waals surface area contributed by atoms with Crippen molar-refractivity contribution >= 4 is 18.3 Å². The maximum Gasteiger partial charge on any atom is 0.416 e. The van der Waals surface area contributed by atoms with E-state index in [0.717, 1.165) is 36.3 Å². The summed E-state index contributed by atoms with van der Waals surface area (Å²) in [5, 5.41) is 3.30. The highest BCUT2D eigenvalue weighted by Crippen LogP contribution is 2.50. The fraction of sp³-hybridized carbons (Fsp3) is 0.409.